The maximum atomic E-state index is 12.5. The summed E-state index contributed by atoms with van der Waals surface area (Å²) in [7, 11) is 3.62. The summed E-state index contributed by atoms with van der Waals surface area (Å²) in [5, 5.41) is 3.64. The first-order chi connectivity index (χ1) is 11.2. The summed E-state index contributed by atoms with van der Waals surface area (Å²) in [4.78, 5) is 14.4. The van der Waals surface area contributed by atoms with Crippen molar-refractivity contribution < 1.29 is 9.53 Å². The van der Waals surface area contributed by atoms with Gasteiger partial charge >= 0.3 is 0 Å². The average Bonchev–Trinajstić information content (AvgIpc) is 2.91. The lowest BCUT2D eigenvalue weighted by Gasteiger charge is -2.30. The quantitative estimate of drug-likeness (QED) is 0.855. The zero-order chi connectivity index (χ0) is 16.2. The van der Waals surface area contributed by atoms with Gasteiger partial charge in [-0.15, -0.1) is 12.4 Å². The number of nitrogens with one attached hydrogen (secondary N) is 1. The van der Waals surface area contributed by atoms with E-state index in [-0.39, 0.29) is 18.3 Å². The molecule has 1 aromatic rings. The normalized spacial score (nSPS) is 25.0. The molecule has 3 rings (SSSR count). The highest BCUT2D eigenvalue weighted by molar-refractivity contribution is 5.85. The maximum absolute atomic E-state index is 12.5. The number of carbonyl (C=O) groups is 1. The van der Waals surface area contributed by atoms with E-state index < -0.39 is 0 Å². The summed E-state index contributed by atoms with van der Waals surface area (Å²) in [5.74, 6) is 1.75. The highest BCUT2D eigenvalue weighted by atomic mass is 35.5. The van der Waals surface area contributed by atoms with Gasteiger partial charge in [0.25, 0.3) is 0 Å². The van der Waals surface area contributed by atoms with Gasteiger partial charge in [-0.2, -0.15) is 0 Å². The highest BCUT2D eigenvalue weighted by Gasteiger charge is 2.34. The van der Waals surface area contributed by atoms with E-state index in [1.54, 1.807) is 7.11 Å². The molecule has 1 N–H and O–H groups in total. The highest BCUT2D eigenvalue weighted by Crippen LogP contribution is 2.32. The number of hydrogen-bond donors (Lipinski definition) is 1. The molecule has 4 nitrogen and oxygen atoms in total. The molecule has 0 spiro atoms. The first kappa shape index (κ1) is 19.1. The van der Waals surface area contributed by atoms with E-state index >= 15 is 0 Å². The maximum Gasteiger partial charge on any atom is 0.222 e. The van der Waals surface area contributed by atoms with Crippen molar-refractivity contribution in [3.8, 4) is 5.75 Å². The molecular formula is C19H29ClN2O2. The van der Waals surface area contributed by atoms with Crippen LogP contribution in [0.4, 0.5) is 0 Å². The number of fused-ring (bicyclic) bond motifs is 2. The number of amides is 1. The number of ether oxygens (including phenoxy) is 1. The summed E-state index contributed by atoms with van der Waals surface area (Å²) < 4.78 is 5.38. The molecule has 0 radical (unpaired) electrons. The molecule has 2 bridgehead atoms. The topological polar surface area (TPSA) is 41.6 Å². The fraction of sp³-hybridized carbons (Fsp3) is 0.632. The van der Waals surface area contributed by atoms with Crippen molar-refractivity contribution in [3.05, 3.63) is 29.8 Å². The van der Waals surface area contributed by atoms with Crippen LogP contribution in [0.15, 0.2) is 24.3 Å². The molecule has 2 aliphatic heterocycles. The van der Waals surface area contributed by atoms with Gasteiger partial charge in [-0.3, -0.25) is 4.79 Å². The second kappa shape index (κ2) is 8.72. The Morgan fingerprint density at radius 2 is 1.92 bits per heavy atom. The Kier molecular flexibility index (Phi) is 6.93. The third-order valence-corrected chi connectivity index (χ3v) is 5.37. The average molecular weight is 353 g/mol. The smallest absolute Gasteiger partial charge is 0.222 e. The number of methoxy groups -OCH3 is 1. The minimum absolute atomic E-state index is 0. The van der Waals surface area contributed by atoms with Crippen LogP contribution in [0, 0.1) is 5.92 Å². The molecule has 2 saturated heterocycles. The molecule has 2 atom stereocenters. The van der Waals surface area contributed by atoms with Crippen molar-refractivity contribution in [1.29, 1.82) is 0 Å². The molecule has 5 heteroatoms. The Labute approximate surface area is 151 Å². The van der Waals surface area contributed by atoms with Gasteiger partial charge in [-0.05, 0) is 49.7 Å². The van der Waals surface area contributed by atoms with Crippen LogP contribution in [0.1, 0.15) is 37.7 Å². The second-order valence-electron chi connectivity index (χ2n) is 7.06. The molecule has 2 fully saturated rings. The Balaban J connectivity index is 0.00000208. The van der Waals surface area contributed by atoms with Gasteiger partial charge in [-0.1, -0.05) is 18.2 Å². The van der Waals surface area contributed by atoms with E-state index in [4.69, 9.17) is 4.74 Å². The van der Waals surface area contributed by atoms with Crippen molar-refractivity contribution in [1.82, 2.24) is 10.2 Å². The lowest BCUT2D eigenvalue weighted by atomic mass is 9.89. The van der Waals surface area contributed by atoms with Crippen molar-refractivity contribution >= 4 is 18.3 Å². The monoisotopic (exact) mass is 352 g/mol. The van der Waals surface area contributed by atoms with Gasteiger partial charge in [0.15, 0.2) is 0 Å². The predicted octanol–water partition coefficient (Wildman–Crippen LogP) is 3.04. The van der Waals surface area contributed by atoms with Gasteiger partial charge < -0.3 is 15.0 Å². The summed E-state index contributed by atoms with van der Waals surface area (Å²) in [6.45, 7) is 0.747. The zero-order valence-corrected chi connectivity index (χ0v) is 15.5. The number of rotatable bonds is 6. The van der Waals surface area contributed by atoms with Crippen LogP contribution < -0.4 is 10.1 Å². The SMILES string of the molecule is COc1ccccc1CCN(C)C(=O)CC1CC2CCC(C1)N2.Cl. The molecule has 0 aliphatic carbocycles. The lowest BCUT2D eigenvalue weighted by molar-refractivity contribution is -0.131. The van der Waals surface area contributed by atoms with Gasteiger partial charge in [0.2, 0.25) is 5.91 Å². The standard InChI is InChI=1S/C19H28N2O2.ClH/c1-21(10-9-15-5-3-4-6-18(15)23-2)19(22)13-14-11-16-7-8-17(12-14)20-16;/h3-6,14,16-17,20H,7-13H2,1-2H3;1H. The Hall–Kier alpha value is -1.26. The molecule has 134 valence electrons. The summed E-state index contributed by atoms with van der Waals surface area (Å²) in [6, 6.07) is 9.35. The van der Waals surface area contributed by atoms with E-state index in [9.17, 15) is 4.79 Å². The van der Waals surface area contributed by atoms with E-state index in [0.29, 0.717) is 24.4 Å². The Bertz CT molecular complexity index is 540. The van der Waals surface area contributed by atoms with E-state index in [1.807, 2.05) is 30.1 Å². The lowest BCUT2D eigenvalue weighted by Crippen LogP contribution is -2.40. The van der Waals surface area contributed by atoms with Gasteiger partial charge in [0.05, 0.1) is 7.11 Å². The number of nitrogens with zero attached hydrogens (tertiary/aromatic N) is 1. The van der Waals surface area contributed by atoms with E-state index in [1.165, 1.54) is 25.7 Å². The fourth-order valence-corrected chi connectivity index (χ4v) is 4.07. The fourth-order valence-electron chi connectivity index (χ4n) is 4.07. The molecular weight excluding hydrogens is 324 g/mol. The van der Waals surface area contributed by atoms with Crippen LogP contribution in [0.3, 0.4) is 0 Å². The number of para-hydroxylation sites is 1. The zero-order valence-electron chi connectivity index (χ0n) is 14.7. The van der Waals surface area contributed by atoms with Crippen LogP contribution in [0.25, 0.3) is 0 Å². The number of hydrogen-bond acceptors (Lipinski definition) is 3. The van der Waals surface area contributed by atoms with Crippen molar-refractivity contribution in [2.75, 3.05) is 20.7 Å². The summed E-state index contributed by atoms with van der Waals surface area (Å²) in [6.07, 6.45) is 6.46. The molecule has 0 aromatic heterocycles. The molecule has 1 aromatic carbocycles. The van der Waals surface area contributed by atoms with Crippen molar-refractivity contribution in [2.45, 2.75) is 50.6 Å². The molecule has 24 heavy (non-hydrogen) atoms. The van der Waals surface area contributed by atoms with Gasteiger partial charge in [0, 0.05) is 32.1 Å². The molecule has 2 aliphatic rings. The summed E-state index contributed by atoms with van der Waals surface area (Å²) >= 11 is 0. The molecule has 2 unspecified atom stereocenters. The van der Waals surface area contributed by atoms with Gasteiger partial charge in [-0.25, -0.2) is 0 Å². The number of carbonyl (C=O) groups excluding carboxylic acids is 1. The van der Waals surface area contributed by atoms with Crippen molar-refractivity contribution in [2.24, 2.45) is 5.92 Å². The number of halogens is 1. The van der Waals surface area contributed by atoms with E-state index in [0.717, 1.165) is 24.3 Å². The largest absolute Gasteiger partial charge is 0.496 e. The van der Waals surface area contributed by atoms with Crippen LogP contribution in [-0.4, -0.2) is 43.6 Å². The molecule has 1 amide bonds. The van der Waals surface area contributed by atoms with Crippen LogP contribution in [-0.2, 0) is 11.2 Å². The third kappa shape index (κ3) is 4.64. The first-order valence-corrected chi connectivity index (χ1v) is 8.77. The van der Waals surface area contributed by atoms with Gasteiger partial charge in [0.1, 0.15) is 5.75 Å². The third-order valence-electron chi connectivity index (χ3n) is 5.37. The minimum atomic E-state index is 0. The first-order valence-electron chi connectivity index (χ1n) is 8.77. The number of likely N-dealkylation sites (N-methyl/N-ethyl adjacent to an activating group) is 1. The predicted molar refractivity (Wildman–Crippen MR) is 98.9 cm³/mol. The van der Waals surface area contributed by atoms with Crippen LogP contribution in [0.5, 0.6) is 5.75 Å². The van der Waals surface area contributed by atoms with Crippen molar-refractivity contribution in [3.63, 3.8) is 0 Å². The molecule has 2 heterocycles. The van der Waals surface area contributed by atoms with Crippen LogP contribution in [0.2, 0.25) is 0 Å². The Morgan fingerprint density at radius 3 is 2.58 bits per heavy atom. The van der Waals surface area contributed by atoms with Crippen LogP contribution >= 0.6 is 12.4 Å². The molecule has 0 saturated carbocycles. The second-order valence-corrected chi connectivity index (χ2v) is 7.06. The minimum Gasteiger partial charge on any atom is -0.496 e. The van der Waals surface area contributed by atoms with E-state index in [2.05, 4.69) is 11.4 Å². The summed E-state index contributed by atoms with van der Waals surface area (Å²) in [5.41, 5.74) is 1.16. The number of piperidine rings is 1. The Morgan fingerprint density at radius 1 is 1.25 bits per heavy atom. The number of benzene rings is 1.